The highest BCUT2D eigenvalue weighted by Crippen LogP contribution is 2.56. The highest BCUT2D eigenvalue weighted by molar-refractivity contribution is 6.31. The summed E-state index contributed by atoms with van der Waals surface area (Å²) in [6.45, 7) is 8.78. The maximum atomic E-state index is 9.06. The number of aromatic amines is 1. The predicted molar refractivity (Wildman–Crippen MR) is 112 cm³/mol. The molecule has 0 bridgehead atoms. The van der Waals surface area contributed by atoms with Gasteiger partial charge in [-0.2, -0.15) is 10.4 Å². The molecule has 1 aliphatic rings. The number of halogens is 1. The molecule has 0 atom stereocenters. The van der Waals surface area contributed by atoms with Gasteiger partial charge in [0.15, 0.2) is 5.82 Å². The summed E-state index contributed by atoms with van der Waals surface area (Å²) in [5.41, 5.74) is 1.19. The number of benzene rings is 2. The molecule has 5 nitrogen and oxygen atoms in total. The Morgan fingerprint density at radius 1 is 1.14 bits per heavy atom. The van der Waals surface area contributed by atoms with Gasteiger partial charge in [0.05, 0.1) is 16.1 Å². The monoisotopic (exact) mass is 394 g/mol. The van der Waals surface area contributed by atoms with Gasteiger partial charge >= 0.3 is 0 Å². The van der Waals surface area contributed by atoms with Crippen LogP contribution in [0.3, 0.4) is 0 Å². The molecule has 1 aromatic heterocycles. The number of fused-ring (bicyclic) bond motifs is 1. The number of nitrogens with zero attached hydrogens (tertiary/aromatic N) is 2. The van der Waals surface area contributed by atoms with Crippen LogP contribution in [0.1, 0.15) is 33.3 Å². The van der Waals surface area contributed by atoms with Crippen molar-refractivity contribution in [2.45, 2.75) is 39.8 Å². The zero-order valence-corrected chi connectivity index (χ0v) is 17.1. The Morgan fingerprint density at radius 3 is 2.54 bits per heavy atom. The van der Waals surface area contributed by atoms with E-state index in [0.717, 1.165) is 16.7 Å². The Balaban J connectivity index is 1.57. The fraction of sp³-hybridized carbons (Fsp3) is 0.364. The smallest absolute Gasteiger partial charge is 0.155 e. The van der Waals surface area contributed by atoms with E-state index in [-0.39, 0.29) is 23.0 Å². The van der Waals surface area contributed by atoms with E-state index < -0.39 is 0 Å². The molecule has 2 N–H and O–H groups in total. The quantitative estimate of drug-likeness (QED) is 0.622. The Kier molecular flexibility index (Phi) is 4.28. The van der Waals surface area contributed by atoms with Crippen molar-refractivity contribution in [3.63, 3.8) is 0 Å². The zero-order valence-electron chi connectivity index (χ0n) is 16.4. The summed E-state index contributed by atoms with van der Waals surface area (Å²) in [6.07, 6.45) is -0.0216. The minimum absolute atomic E-state index is 0.0216. The lowest BCUT2D eigenvalue weighted by atomic mass is 9.49. The van der Waals surface area contributed by atoms with Crippen LogP contribution >= 0.6 is 11.6 Å². The van der Waals surface area contributed by atoms with E-state index in [2.05, 4.69) is 55.3 Å². The Hall–Kier alpha value is -2.71. The maximum absolute atomic E-state index is 9.06. The lowest BCUT2D eigenvalue weighted by Crippen LogP contribution is -2.72. The number of para-hydroxylation sites is 1. The maximum Gasteiger partial charge on any atom is 0.155 e. The van der Waals surface area contributed by atoms with Gasteiger partial charge in [-0.3, -0.25) is 5.10 Å². The Morgan fingerprint density at radius 2 is 1.86 bits per heavy atom. The second-order valence-electron chi connectivity index (χ2n) is 8.59. The highest BCUT2D eigenvalue weighted by atomic mass is 35.5. The van der Waals surface area contributed by atoms with Gasteiger partial charge in [-0.1, -0.05) is 51.4 Å². The third-order valence-corrected chi connectivity index (χ3v) is 6.22. The number of ether oxygens (including phenoxy) is 1. The largest absolute Gasteiger partial charge is 0.489 e. The molecule has 0 radical (unpaired) electrons. The third-order valence-electron chi connectivity index (χ3n) is 5.91. The van der Waals surface area contributed by atoms with Crippen molar-refractivity contribution in [3.05, 3.63) is 53.1 Å². The number of aromatic nitrogens is 2. The molecular formula is C22H23ClN4O. The molecule has 6 heteroatoms. The van der Waals surface area contributed by atoms with Crippen LogP contribution < -0.4 is 10.1 Å². The van der Waals surface area contributed by atoms with E-state index in [0.29, 0.717) is 16.3 Å². The second kappa shape index (κ2) is 6.42. The van der Waals surface area contributed by atoms with Gasteiger partial charge in [-0.05, 0) is 24.3 Å². The minimum atomic E-state index is -0.135. The molecule has 0 spiro atoms. The summed E-state index contributed by atoms with van der Waals surface area (Å²) >= 11 is 6.17. The minimum Gasteiger partial charge on any atom is -0.489 e. The molecule has 0 saturated heterocycles. The summed E-state index contributed by atoms with van der Waals surface area (Å²) in [7, 11) is 0. The first-order valence-corrected chi connectivity index (χ1v) is 9.69. The molecule has 144 valence electrons. The van der Waals surface area contributed by atoms with E-state index in [4.69, 9.17) is 21.6 Å². The zero-order chi connectivity index (χ0) is 20.1. The highest BCUT2D eigenvalue weighted by Gasteiger charge is 2.63. The number of anilines is 1. The van der Waals surface area contributed by atoms with E-state index in [1.165, 1.54) is 0 Å². The number of nitriles is 1. The van der Waals surface area contributed by atoms with E-state index in [1.54, 1.807) is 18.2 Å². The molecule has 0 aliphatic heterocycles. The van der Waals surface area contributed by atoms with Crippen molar-refractivity contribution >= 4 is 28.3 Å². The van der Waals surface area contributed by atoms with Crippen molar-refractivity contribution < 1.29 is 4.74 Å². The second-order valence-corrected chi connectivity index (χ2v) is 9.00. The number of rotatable bonds is 4. The van der Waals surface area contributed by atoms with Gasteiger partial charge in [0.2, 0.25) is 0 Å². The van der Waals surface area contributed by atoms with Crippen LogP contribution in [-0.4, -0.2) is 22.3 Å². The first kappa shape index (κ1) is 18.6. The fourth-order valence-electron chi connectivity index (χ4n) is 4.81. The molecule has 2 aromatic carbocycles. The Labute approximate surface area is 169 Å². The van der Waals surface area contributed by atoms with Gasteiger partial charge < -0.3 is 10.1 Å². The first-order chi connectivity index (χ1) is 13.2. The van der Waals surface area contributed by atoms with Crippen molar-refractivity contribution in [3.8, 4) is 11.8 Å². The number of hydrogen-bond donors (Lipinski definition) is 2. The van der Waals surface area contributed by atoms with Crippen LogP contribution in [0.15, 0.2) is 42.5 Å². The van der Waals surface area contributed by atoms with Crippen LogP contribution in [0.5, 0.6) is 5.75 Å². The van der Waals surface area contributed by atoms with Crippen LogP contribution in [0.4, 0.5) is 5.82 Å². The van der Waals surface area contributed by atoms with E-state index >= 15 is 0 Å². The average Bonchev–Trinajstić information content (AvgIpc) is 3.07. The molecular weight excluding hydrogens is 372 g/mol. The number of H-pyrrole nitrogens is 1. The molecule has 1 fully saturated rings. The number of nitrogens with one attached hydrogen (secondary N) is 2. The molecule has 3 aromatic rings. The molecule has 4 rings (SSSR count). The van der Waals surface area contributed by atoms with Crippen molar-refractivity contribution in [2.75, 3.05) is 5.32 Å². The van der Waals surface area contributed by atoms with Crippen LogP contribution in [0.2, 0.25) is 5.02 Å². The summed E-state index contributed by atoms with van der Waals surface area (Å²) in [6, 6.07) is 15.6. The van der Waals surface area contributed by atoms with E-state index in [1.807, 2.05) is 18.2 Å². The molecule has 0 unspecified atom stereocenters. The van der Waals surface area contributed by atoms with E-state index in [9.17, 15) is 0 Å². The summed E-state index contributed by atoms with van der Waals surface area (Å²) in [4.78, 5) is 0. The fourth-order valence-corrected chi connectivity index (χ4v) is 5.02. The predicted octanol–water partition coefficient (Wildman–Crippen LogP) is 5.38. The lowest BCUT2D eigenvalue weighted by molar-refractivity contribution is -0.147. The summed E-state index contributed by atoms with van der Waals surface area (Å²) < 4.78 is 6.34. The van der Waals surface area contributed by atoms with Gasteiger partial charge in [-0.15, -0.1) is 0 Å². The lowest BCUT2D eigenvalue weighted by Gasteiger charge is -2.63. The summed E-state index contributed by atoms with van der Waals surface area (Å²) in [5, 5.41) is 21.7. The topological polar surface area (TPSA) is 73.7 Å². The average molecular weight is 395 g/mol. The van der Waals surface area contributed by atoms with Crippen LogP contribution in [0, 0.1) is 22.2 Å². The third kappa shape index (κ3) is 2.80. The van der Waals surface area contributed by atoms with Crippen molar-refractivity contribution in [2.24, 2.45) is 10.8 Å². The summed E-state index contributed by atoms with van der Waals surface area (Å²) in [5.74, 6) is 1.54. The van der Waals surface area contributed by atoms with Gasteiger partial charge in [0.1, 0.15) is 17.9 Å². The van der Waals surface area contributed by atoms with Crippen LogP contribution in [0.25, 0.3) is 10.9 Å². The molecule has 0 amide bonds. The van der Waals surface area contributed by atoms with Crippen molar-refractivity contribution in [1.29, 1.82) is 5.26 Å². The molecule has 1 saturated carbocycles. The standard InChI is InChI=1S/C22H23ClN4O/c1-21(2)19(25-18-15-7-5-6-8-17(15)26-27-18)22(3,4)20(21)28-14-10-9-13(12-24)16(23)11-14/h5-11,19-20H,1-4H3,(H2,25,26,27)/t19-,20-. The van der Waals surface area contributed by atoms with Crippen molar-refractivity contribution in [1.82, 2.24) is 10.2 Å². The Bertz CT molecular complexity index is 1060. The van der Waals surface area contributed by atoms with Gasteiger partial charge in [0, 0.05) is 28.3 Å². The van der Waals surface area contributed by atoms with Gasteiger partial charge in [0.25, 0.3) is 0 Å². The normalized spacial score (nSPS) is 22.3. The molecule has 1 heterocycles. The first-order valence-electron chi connectivity index (χ1n) is 9.31. The molecule has 28 heavy (non-hydrogen) atoms. The van der Waals surface area contributed by atoms with Crippen LogP contribution in [-0.2, 0) is 0 Å². The molecule has 1 aliphatic carbocycles. The SMILES string of the molecule is CC1(C)[C@H](Nc2n[nH]c3ccccc23)C(C)(C)[C@H]1Oc1ccc(C#N)c(Cl)c1. The van der Waals surface area contributed by atoms with Gasteiger partial charge in [-0.25, -0.2) is 0 Å². The number of hydrogen-bond acceptors (Lipinski definition) is 4.